The number of nitrogens with one attached hydrogen (secondary N) is 2. The van der Waals surface area contributed by atoms with E-state index in [2.05, 4.69) is 17.6 Å². The van der Waals surface area contributed by atoms with Crippen molar-refractivity contribution in [2.45, 2.75) is 39.2 Å². The van der Waals surface area contributed by atoms with Gasteiger partial charge < -0.3 is 15.4 Å². The molecule has 2 atom stereocenters. The topological polar surface area (TPSA) is 50.4 Å². The maximum atomic E-state index is 14.1. The second kappa shape index (κ2) is 9.84. The number of benzene rings is 1. The molecule has 1 aromatic carbocycles. The van der Waals surface area contributed by atoms with Crippen molar-refractivity contribution < 1.29 is 13.9 Å². The SMILES string of the molecule is COc1cccc(F)c1C(C)NC(=O)CC(C)C1CCNCC1.Cl. The van der Waals surface area contributed by atoms with Crippen molar-refractivity contribution in [1.82, 2.24) is 10.6 Å². The van der Waals surface area contributed by atoms with Crippen LogP contribution in [0.25, 0.3) is 0 Å². The third kappa shape index (κ3) is 5.35. The molecule has 0 aliphatic carbocycles. The predicted molar refractivity (Wildman–Crippen MR) is 96.1 cm³/mol. The molecule has 136 valence electrons. The lowest BCUT2D eigenvalue weighted by Gasteiger charge is -2.28. The first-order valence-corrected chi connectivity index (χ1v) is 8.35. The Labute approximate surface area is 149 Å². The summed E-state index contributed by atoms with van der Waals surface area (Å²) >= 11 is 0. The van der Waals surface area contributed by atoms with E-state index in [-0.39, 0.29) is 24.1 Å². The molecule has 2 rings (SSSR count). The van der Waals surface area contributed by atoms with Crippen LogP contribution in [0.4, 0.5) is 4.39 Å². The minimum absolute atomic E-state index is 0. The highest BCUT2D eigenvalue weighted by Gasteiger charge is 2.24. The molecular formula is C18H28ClFN2O2. The lowest BCUT2D eigenvalue weighted by Crippen LogP contribution is -2.34. The largest absolute Gasteiger partial charge is 0.496 e. The Kier molecular flexibility index (Phi) is 8.50. The van der Waals surface area contributed by atoms with Crippen molar-refractivity contribution in [3.63, 3.8) is 0 Å². The van der Waals surface area contributed by atoms with Gasteiger partial charge in [0.15, 0.2) is 0 Å². The van der Waals surface area contributed by atoms with Crippen LogP contribution in [-0.4, -0.2) is 26.1 Å². The van der Waals surface area contributed by atoms with Crippen LogP contribution in [0, 0.1) is 17.7 Å². The van der Waals surface area contributed by atoms with Crippen molar-refractivity contribution in [2.24, 2.45) is 11.8 Å². The zero-order valence-electron chi connectivity index (χ0n) is 14.6. The molecular weight excluding hydrogens is 331 g/mol. The highest BCUT2D eigenvalue weighted by molar-refractivity contribution is 5.85. The number of piperidine rings is 1. The lowest BCUT2D eigenvalue weighted by molar-refractivity contribution is -0.123. The maximum Gasteiger partial charge on any atom is 0.220 e. The second-order valence-corrected chi connectivity index (χ2v) is 6.41. The summed E-state index contributed by atoms with van der Waals surface area (Å²) in [4.78, 5) is 12.3. The Bertz CT molecular complexity index is 536. The molecule has 0 aromatic heterocycles. The predicted octanol–water partition coefficient (Wildman–Crippen LogP) is 3.46. The van der Waals surface area contributed by atoms with Crippen molar-refractivity contribution in [1.29, 1.82) is 0 Å². The number of methoxy groups -OCH3 is 1. The Hall–Kier alpha value is -1.33. The van der Waals surface area contributed by atoms with E-state index in [1.54, 1.807) is 19.1 Å². The van der Waals surface area contributed by atoms with E-state index in [1.165, 1.54) is 13.2 Å². The number of carbonyl (C=O) groups is 1. The van der Waals surface area contributed by atoms with Gasteiger partial charge in [-0.1, -0.05) is 13.0 Å². The lowest BCUT2D eigenvalue weighted by atomic mass is 9.84. The summed E-state index contributed by atoms with van der Waals surface area (Å²) in [6, 6.07) is 4.28. The molecule has 1 amide bonds. The van der Waals surface area contributed by atoms with Crippen molar-refractivity contribution in [2.75, 3.05) is 20.2 Å². The quantitative estimate of drug-likeness (QED) is 0.818. The van der Waals surface area contributed by atoms with Crippen LogP contribution in [0.5, 0.6) is 5.75 Å². The van der Waals surface area contributed by atoms with Gasteiger partial charge in [-0.05, 0) is 56.8 Å². The smallest absolute Gasteiger partial charge is 0.220 e. The zero-order valence-corrected chi connectivity index (χ0v) is 15.4. The second-order valence-electron chi connectivity index (χ2n) is 6.41. The highest BCUT2D eigenvalue weighted by atomic mass is 35.5. The molecule has 4 nitrogen and oxygen atoms in total. The molecule has 2 N–H and O–H groups in total. The van der Waals surface area contributed by atoms with E-state index in [0.29, 0.717) is 29.6 Å². The summed E-state index contributed by atoms with van der Waals surface area (Å²) in [6.45, 7) is 5.97. The Balaban J connectivity index is 0.00000288. The minimum Gasteiger partial charge on any atom is -0.496 e. The molecule has 24 heavy (non-hydrogen) atoms. The Morgan fingerprint density at radius 3 is 2.67 bits per heavy atom. The zero-order chi connectivity index (χ0) is 16.8. The van der Waals surface area contributed by atoms with Crippen LogP contribution in [-0.2, 0) is 4.79 Å². The van der Waals surface area contributed by atoms with Crippen LogP contribution in [0.2, 0.25) is 0 Å². The van der Waals surface area contributed by atoms with Crippen LogP contribution < -0.4 is 15.4 Å². The van der Waals surface area contributed by atoms with Gasteiger partial charge in [-0.25, -0.2) is 4.39 Å². The number of hydrogen-bond donors (Lipinski definition) is 2. The molecule has 1 fully saturated rings. The molecule has 6 heteroatoms. The van der Waals surface area contributed by atoms with Gasteiger partial charge in [0, 0.05) is 6.42 Å². The van der Waals surface area contributed by atoms with E-state index in [9.17, 15) is 9.18 Å². The number of halogens is 2. The number of amides is 1. The van der Waals surface area contributed by atoms with Gasteiger partial charge >= 0.3 is 0 Å². The van der Waals surface area contributed by atoms with Crippen molar-refractivity contribution >= 4 is 18.3 Å². The molecule has 0 bridgehead atoms. The Morgan fingerprint density at radius 1 is 1.38 bits per heavy atom. The van der Waals surface area contributed by atoms with Crippen LogP contribution in [0.15, 0.2) is 18.2 Å². The van der Waals surface area contributed by atoms with Gasteiger partial charge in [-0.2, -0.15) is 0 Å². The number of carbonyl (C=O) groups excluding carboxylic acids is 1. The standard InChI is InChI=1S/C18H27FN2O2.ClH/c1-12(14-7-9-20-10-8-14)11-17(22)21-13(2)18-15(19)5-4-6-16(18)23-3;/h4-6,12-14,20H,7-11H2,1-3H3,(H,21,22);1H. The van der Waals surface area contributed by atoms with E-state index in [0.717, 1.165) is 25.9 Å². The summed E-state index contributed by atoms with van der Waals surface area (Å²) < 4.78 is 19.3. The third-order valence-corrected chi connectivity index (χ3v) is 4.74. The van der Waals surface area contributed by atoms with E-state index >= 15 is 0 Å². The van der Waals surface area contributed by atoms with Gasteiger partial charge in [0.25, 0.3) is 0 Å². The van der Waals surface area contributed by atoms with Gasteiger partial charge in [0.05, 0.1) is 18.7 Å². The molecule has 0 saturated carbocycles. The molecule has 1 heterocycles. The third-order valence-electron chi connectivity index (χ3n) is 4.74. The monoisotopic (exact) mass is 358 g/mol. The minimum atomic E-state index is -0.418. The summed E-state index contributed by atoms with van der Waals surface area (Å²) in [6.07, 6.45) is 2.71. The first kappa shape index (κ1) is 20.7. The molecule has 2 unspecified atom stereocenters. The highest BCUT2D eigenvalue weighted by Crippen LogP contribution is 2.28. The van der Waals surface area contributed by atoms with Gasteiger partial charge in [-0.15, -0.1) is 12.4 Å². The molecule has 1 aliphatic rings. The van der Waals surface area contributed by atoms with Crippen LogP contribution >= 0.6 is 12.4 Å². The summed E-state index contributed by atoms with van der Waals surface area (Å²) in [7, 11) is 1.51. The normalized spacial score (nSPS) is 17.5. The number of ether oxygens (including phenoxy) is 1. The van der Waals surface area contributed by atoms with Crippen molar-refractivity contribution in [3.05, 3.63) is 29.6 Å². The van der Waals surface area contributed by atoms with Crippen LogP contribution in [0.1, 0.15) is 44.7 Å². The van der Waals surface area contributed by atoms with E-state index in [1.807, 2.05) is 0 Å². The summed E-state index contributed by atoms with van der Waals surface area (Å²) in [5.41, 5.74) is 0.401. The molecule has 1 aliphatic heterocycles. The van der Waals surface area contributed by atoms with E-state index in [4.69, 9.17) is 4.74 Å². The summed E-state index contributed by atoms with van der Waals surface area (Å²) in [5.74, 6) is 0.994. The van der Waals surface area contributed by atoms with Crippen LogP contribution in [0.3, 0.4) is 0 Å². The fourth-order valence-electron chi connectivity index (χ4n) is 3.36. The first-order chi connectivity index (χ1) is 11.0. The van der Waals surface area contributed by atoms with Gasteiger partial charge in [-0.3, -0.25) is 4.79 Å². The molecule has 0 radical (unpaired) electrons. The maximum absolute atomic E-state index is 14.1. The van der Waals surface area contributed by atoms with Crippen molar-refractivity contribution in [3.8, 4) is 5.75 Å². The molecule has 1 saturated heterocycles. The van der Waals surface area contributed by atoms with E-state index < -0.39 is 6.04 Å². The fourth-order valence-corrected chi connectivity index (χ4v) is 3.36. The first-order valence-electron chi connectivity index (χ1n) is 8.35. The van der Waals surface area contributed by atoms with Gasteiger partial charge in [0.1, 0.15) is 11.6 Å². The average Bonchev–Trinajstić information content (AvgIpc) is 2.54. The number of rotatable bonds is 6. The summed E-state index contributed by atoms with van der Waals surface area (Å²) in [5, 5.41) is 6.25. The van der Waals surface area contributed by atoms with Gasteiger partial charge in [0.2, 0.25) is 5.91 Å². The molecule has 0 spiro atoms. The molecule has 1 aromatic rings. The fraction of sp³-hybridized carbons (Fsp3) is 0.611. The Morgan fingerprint density at radius 2 is 2.04 bits per heavy atom. The average molecular weight is 359 g/mol. The number of hydrogen-bond acceptors (Lipinski definition) is 3.